The summed E-state index contributed by atoms with van der Waals surface area (Å²) >= 11 is 0. The molecule has 2 amide bonds. The highest BCUT2D eigenvalue weighted by atomic mass is 32.2. The van der Waals surface area contributed by atoms with Crippen LogP contribution in [-0.4, -0.2) is 44.3 Å². The molecule has 0 saturated heterocycles. The van der Waals surface area contributed by atoms with E-state index >= 15 is 0 Å². The summed E-state index contributed by atoms with van der Waals surface area (Å²) in [5, 5.41) is 2.91. The number of nitrogens with one attached hydrogen (secondary N) is 1. The summed E-state index contributed by atoms with van der Waals surface area (Å²) in [5.74, 6) is -0.697. The monoisotopic (exact) mass is 549 g/mol. The minimum absolute atomic E-state index is 0.0931. The van der Waals surface area contributed by atoms with Crippen LogP contribution in [0.25, 0.3) is 0 Å². The number of nitrogens with zero attached hydrogens (tertiary/aromatic N) is 2. The molecule has 0 radical (unpaired) electrons. The van der Waals surface area contributed by atoms with Crippen LogP contribution in [0.15, 0.2) is 77.7 Å². The van der Waals surface area contributed by atoms with Gasteiger partial charge in [-0.15, -0.1) is 0 Å². The molecule has 1 atom stereocenters. The maximum Gasteiger partial charge on any atom is 0.264 e. The van der Waals surface area contributed by atoms with Crippen molar-refractivity contribution in [1.82, 2.24) is 10.2 Å². The van der Waals surface area contributed by atoms with E-state index in [0.717, 1.165) is 33.0 Å². The van der Waals surface area contributed by atoms with E-state index in [1.165, 1.54) is 17.0 Å². The number of anilines is 1. The first-order valence-corrected chi connectivity index (χ1v) is 14.8. The zero-order valence-electron chi connectivity index (χ0n) is 23.5. The van der Waals surface area contributed by atoms with E-state index in [2.05, 4.69) is 5.32 Å². The summed E-state index contributed by atoms with van der Waals surface area (Å²) in [4.78, 5) is 28.8. The molecule has 3 aromatic carbocycles. The Hall–Kier alpha value is -3.65. The fourth-order valence-electron chi connectivity index (χ4n) is 4.49. The van der Waals surface area contributed by atoms with Gasteiger partial charge in [-0.3, -0.25) is 13.9 Å². The van der Waals surface area contributed by atoms with E-state index in [1.807, 2.05) is 71.0 Å². The third-order valence-electron chi connectivity index (χ3n) is 6.64. The molecule has 0 unspecified atom stereocenters. The van der Waals surface area contributed by atoms with Crippen molar-refractivity contribution in [1.29, 1.82) is 0 Å². The number of amides is 2. The molecule has 1 N–H and O–H groups in total. The second kappa shape index (κ2) is 13.4. The molecule has 0 spiro atoms. The highest BCUT2D eigenvalue weighted by molar-refractivity contribution is 7.92. The summed E-state index contributed by atoms with van der Waals surface area (Å²) in [6, 6.07) is 20.6. The van der Waals surface area contributed by atoms with Crippen LogP contribution >= 0.6 is 0 Å². The number of hydrogen-bond donors (Lipinski definition) is 1. The molecule has 0 aliphatic carbocycles. The lowest BCUT2D eigenvalue weighted by molar-refractivity contribution is -0.140. The van der Waals surface area contributed by atoms with Crippen molar-refractivity contribution < 1.29 is 18.0 Å². The fraction of sp³-hybridized carbons (Fsp3) is 0.355. The number of sulfonamides is 1. The predicted octanol–water partition coefficient (Wildman–Crippen LogP) is 5.14. The van der Waals surface area contributed by atoms with Gasteiger partial charge in [0.05, 0.1) is 10.6 Å². The van der Waals surface area contributed by atoms with Crippen molar-refractivity contribution in [3.05, 3.63) is 95.1 Å². The van der Waals surface area contributed by atoms with E-state index in [0.29, 0.717) is 18.7 Å². The maximum atomic E-state index is 14.1. The molecule has 0 aliphatic heterocycles. The zero-order chi connectivity index (χ0) is 28.6. The van der Waals surface area contributed by atoms with Crippen molar-refractivity contribution in [3.63, 3.8) is 0 Å². The van der Waals surface area contributed by atoms with Crippen LogP contribution in [0.2, 0.25) is 0 Å². The van der Waals surface area contributed by atoms with E-state index in [9.17, 15) is 18.0 Å². The Labute approximate surface area is 232 Å². The first-order chi connectivity index (χ1) is 18.6. The Morgan fingerprint density at radius 1 is 0.872 bits per heavy atom. The third kappa shape index (κ3) is 7.47. The second-order valence-corrected chi connectivity index (χ2v) is 11.7. The second-order valence-electron chi connectivity index (χ2n) is 9.84. The normalized spacial score (nSPS) is 12.0. The van der Waals surface area contributed by atoms with E-state index in [4.69, 9.17) is 0 Å². The Morgan fingerprint density at radius 2 is 1.51 bits per heavy atom. The lowest BCUT2D eigenvalue weighted by atomic mass is 10.1. The van der Waals surface area contributed by atoms with Gasteiger partial charge in [-0.05, 0) is 62.9 Å². The lowest BCUT2D eigenvalue weighted by Crippen LogP contribution is -2.52. The van der Waals surface area contributed by atoms with Gasteiger partial charge in [0.25, 0.3) is 10.0 Å². The van der Waals surface area contributed by atoms with Gasteiger partial charge in [0, 0.05) is 13.1 Å². The summed E-state index contributed by atoms with van der Waals surface area (Å²) < 4.78 is 29.0. The summed E-state index contributed by atoms with van der Waals surface area (Å²) in [6.45, 7) is 9.81. The minimum Gasteiger partial charge on any atom is -0.354 e. The molecule has 208 valence electrons. The number of aryl methyl sites for hydroxylation is 3. The molecule has 0 aromatic heterocycles. The summed E-state index contributed by atoms with van der Waals surface area (Å²) in [5.41, 5.74) is 4.09. The maximum absolute atomic E-state index is 14.1. The standard InChI is InChI=1S/C31H39N3O4S/c1-6-19-32-31(36)28(7-2)33(21-26-16-13-23(3)14-17-26)30(35)22-34(29-18-15-24(4)20-25(29)5)39(37,38)27-11-9-8-10-12-27/h8-18,20,28H,6-7,19,21-22H2,1-5H3,(H,32,36)/t28-/m1/s1. The Morgan fingerprint density at radius 3 is 2.10 bits per heavy atom. The highest BCUT2D eigenvalue weighted by Crippen LogP contribution is 2.28. The van der Waals surface area contributed by atoms with Crippen LogP contribution in [0.1, 0.15) is 48.9 Å². The van der Waals surface area contributed by atoms with Gasteiger partial charge >= 0.3 is 0 Å². The van der Waals surface area contributed by atoms with Crippen LogP contribution in [0.5, 0.6) is 0 Å². The van der Waals surface area contributed by atoms with Gasteiger partial charge in [0.15, 0.2) is 0 Å². The van der Waals surface area contributed by atoms with E-state index in [-0.39, 0.29) is 17.3 Å². The molecular formula is C31H39N3O4S. The Bertz CT molecular complexity index is 1370. The average Bonchev–Trinajstić information content (AvgIpc) is 2.92. The van der Waals surface area contributed by atoms with Crippen LogP contribution in [-0.2, 0) is 26.2 Å². The third-order valence-corrected chi connectivity index (χ3v) is 8.41. The van der Waals surface area contributed by atoms with Crippen molar-refractivity contribution >= 4 is 27.5 Å². The smallest absolute Gasteiger partial charge is 0.264 e. The number of hydrogen-bond acceptors (Lipinski definition) is 4. The number of carbonyl (C=O) groups is 2. The van der Waals surface area contributed by atoms with Crippen molar-refractivity contribution in [3.8, 4) is 0 Å². The van der Waals surface area contributed by atoms with Gasteiger partial charge < -0.3 is 10.2 Å². The van der Waals surface area contributed by atoms with Crippen LogP contribution < -0.4 is 9.62 Å². The SMILES string of the molecule is CCCNC(=O)[C@@H](CC)N(Cc1ccc(C)cc1)C(=O)CN(c1ccc(C)cc1C)S(=O)(=O)c1ccccc1. The molecule has 3 rings (SSSR count). The highest BCUT2D eigenvalue weighted by Gasteiger charge is 2.34. The summed E-state index contributed by atoms with van der Waals surface area (Å²) in [7, 11) is -4.08. The van der Waals surface area contributed by atoms with Gasteiger partial charge in [-0.25, -0.2) is 8.42 Å². The molecular weight excluding hydrogens is 510 g/mol. The Kier molecular flexibility index (Phi) is 10.3. The lowest BCUT2D eigenvalue weighted by Gasteiger charge is -2.33. The molecule has 0 aliphatic rings. The molecule has 0 bridgehead atoms. The first kappa shape index (κ1) is 29.9. The van der Waals surface area contributed by atoms with Gasteiger partial charge in [-0.1, -0.05) is 79.6 Å². The van der Waals surface area contributed by atoms with Crippen molar-refractivity contribution in [2.45, 2.75) is 64.9 Å². The molecule has 7 nitrogen and oxygen atoms in total. The molecule has 3 aromatic rings. The number of rotatable bonds is 12. The fourth-order valence-corrected chi connectivity index (χ4v) is 5.99. The summed E-state index contributed by atoms with van der Waals surface area (Å²) in [6.07, 6.45) is 1.16. The predicted molar refractivity (Wildman–Crippen MR) is 156 cm³/mol. The Balaban J connectivity index is 2.07. The van der Waals surface area contributed by atoms with Crippen molar-refractivity contribution in [2.24, 2.45) is 0 Å². The quantitative estimate of drug-likeness (QED) is 0.339. The molecule has 39 heavy (non-hydrogen) atoms. The van der Waals surface area contributed by atoms with Crippen LogP contribution in [0.4, 0.5) is 5.69 Å². The van der Waals surface area contributed by atoms with E-state index < -0.39 is 28.5 Å². The molecule has 8 heteroatoms. The zero-order valence-corrected chi connectivity index (χ0v) is 24.3. The van der Waals surface area contributed by atoms with Crippen molar-refractivity contribution in [2.75, 3.05) is 17.4 Å². The minimum atomic E-state index is -4.08. The largest absolute Gasteiger partial charge is 0.354 e. The average molecular weight is 550 g/mol. The first-order valence-electron chi connectivity index (χ1n) is 13.4. The number of benzene rings is 3. The van der Waals surface area contributed by atoms with Gasteiger partial charge in [-0.2, -0.15) is 0 Å². The molecule has 0 fully saturated rings. The van der Waals surface area contributed by atoms with Gasteiger partial charge in [0.2, 0.25) is 11.8 Å². The number of carbonyl (C=O) groups excluding carboxylic acids is 2. The van der Waals surface area contributed by atoms with Crippen LogP contribution in [0, 0.1) is 20.8 Å². The van der Waals surface area contributed by atoms with Crippen LogP contribution in [0.3, 0.4) is 0 Å². The van der Waals surface area contributed by atoms with E-state index in [1.54, 1.807) is 24.3 Å². The topological polar surface area (TPSA) is 86.8 Å². The molecule has 0 heterocycles. The van der Waals surface area contributed by atoms with Gasteiger partial charge in [0.1, 0.15) is 12.6 Å². The molecule has 0 saturated carbocycles.